The molecule has 5 heteroatoms. The van der Waals surface area contributed by atoms with E-state index in [9.17, 15) is 8.42 Å². The van der Waals surface area contributed by atoms with Gasteiger partial charge in [0.2, 0.25) is 10.0 Å². The number of hydrogen-bond acceptors (Lipinski definition) is 3. The van der Waals surface area contributed by atoms with E-state index in [1.54, 1.807) is 16.4 Å². The van der Waals surface area contributed by atoms with Crippen LogP contribution in [0.4, 0.5) is 0 Å². The fourth-order valence-electron chi connectivity index (χ4n) is 4.48. The fraction of sp³-hybridized carbons (Fsp3) is 0.429. The van der Waals surface area contributed by atoms with E-state index >= 15 is 0 Å². The molecule has 2 aliphatic rings. The first-order chi connectivity index (χ1) is 12.3. The summed E-state index contributed by atoms with van der Waals surface area (Å²) >= 11 is 0. The van der Waals surface area contributed by atoms with Crippen LogP contribution in [0.5, 0.6) is 0 Å². The van der Waals surface area contributed by atoms with Crippen molar-refractivity contribution in [1.82, 2.24) is 9.21 Å². The van der Waals surface area contributed by atoms with Gasteiger partial charge in [0.15, 0.2) is 0 Å². The number of benzene rings is 2. The maximum Gasteiger partial charge on any atom is 0.243 e. The number of fused-ring (bicyclic) bond motifs is 3. The average molecular weight is 371 g/mol. The summed E-state index contributed by atoms with van der Waals surface area (Å²) in [6, 6.07) is 15.9. The number of aryl methyl sites for hydroxylation is 1. The minimum absolute atomic E-state index is 0.0875. The van der Waals surface area contributed by atoms with Crippen molar-refractivity contribution in [3.8, 4) is 0 Å². The molecule has 26 heavy (non-hydrogen) atoms. The van der Waals surface area contributed by atoms with E-state index in [0.717, 1.165) is 18.7 Å². The van der Waals surface area contributed by atoms with Gasteiger partial charge in [0.25, 0.3) is 0 Å². The Labute approximate surface area is 156 Å². The molecule has 4 nitrogen and oxygen atoms in total. The van der Waals surface area contributed by atoms with Gasteiger partial charge in [-0.15, -0.1) is 0 Å². The summed E-state index contributed by atoms with van der Waals surface area (Å²) in [4.78, 5) is 2.88. The van der Waals surface area contributed by atoms with Crippen LogP contribution in [0.2, 0.25) is 0 Å². The first-order valence-corrected chi connectivity index (χ1v) is 10.6. The van der Waals surface area contributed by atoms with E-state index in [4.69, 9.17) is 0 Å². The monoisotopic (exact) mass is 370 g/mol. The highest BCUT2D eigenvalue weighted by molar-refractivity contribution is 7.89. The normalized spacial score (nSPS) is 23.3. The van der Waals surface area contributed by atoms with Crippen molar-refractivity contribution >= 4 is 10.0 Å². The van der Waals surface area contributed by atoms with Gasteiger partial charge in [-0.2, -0.15) is 4.31 Å². The maximum absolute atomic E-state index is 13.2. The Hall–Kier alpha value is -1.69. The van der Waals surface area contributed by atoms with Crippen LogP contribution in [0.3, 0.4) is 0 Å². The quantitative estimate of drug-likeness (QED) is 0.814. The standard InChI is InChI=1S/C21H26N2O2S/c1-16-8-4-7-11-20(16)26(24,25)23-13-12-22-15-21(2,3)18-10-6-5-9-17(18)19(22)14-23/h4-11,19H,12-15H2,1-3H3. The summed E-state index contributed by atoms with van der Waals surface area (Å²) in [6.07, 6.45) is 0. The SMILES string of the molecule is Cc1ccccc1S(=O)(=O)N1CCN2CC(C)(C)c3ccccc3C2C1. The Morgan fingerprint density at radius 1 is 1.00 bits per heavy atom. The Morgan fingerprint density at radius 3 is 2.46 bits per heavy atom. The molecule has 0 saturated carbocycles. The molecule has 2 heterocycles. The van der Waals surface area contributed by atoms with E-state index in [-0.39, 0.29) is 11.5 Å². The van der Waals surface area contributed by atoms with Gasteiger partial charge in [0.05, 0.1) is 4.90 Å². The maximum atomic E-state index is 13.2. The summed E-state index contributed by atoms with van der Waals surface area (Å²) < 4.78 is 28.1. The number of sulfonamides is 1. The van der Waals surface area contributed by atoms with Crippen molar-refractivity contribution < 1.29 is 8.42 Å². The molecule has 0 bridgehead atoms. The predicted molar refractivity (Wildman–Crippen MR) is 104 cm³/mol. The third-order valence-electron chi connectivity index (χ3n) is 5.81. The first-order valence-electron chi connectivity index (χ1n) is 9.20. The molecular formula is C21H26N2O2S. The molecule has 2 aromatic carbocycles. The van der Waals surface area contributed by atoms with Gasteiger partial charge in [-0.1, -0.05) is 56.3 Å². The lowest BCUT2D eigenvalue weighted by molar-refractivity contribution is 0.0807. The highest BCUT2D eigenvalue weighted by atomic mass is 32.2. The van der Waals surface area contributed by atoms with Crippen LogP contribution < -0.4 is 0 Å². The number of hydrogen-bond donors (Lipinski definition) is 0. The summed E-state index contributed by atoms with van der Waals surface area (Å²) in [5, 5.41) is 0. The Kier molecular flexibility index (Phi) is 4.21. The largest absolute Gasteiger partial charge is 0.293 e. The Morgan fingerprint density at radius 2 is 1.69 bits per heavy atom. The molecule has 4 rings (SSSR count). The van der Waals surface area contributed by atoms with E-state index in [2.05, 4.69) is 43.0 Å². The zero-order valence-electron chi connectivity index (χ0n) is 15.6. The molecular weight excluding hydrogens is 344 g/mol. The van der Waals surface area contributed by atoms with Crippen LogP contribution in [-0.4, -0.2) is 43.8 Å². The second kappa shape index (κ2) is 6.19. The molecule has 1 atom stereocenters. The van der Waals surface area contributed by atoms with Gasteiger partial charge in [-0.05, 0) is 29.7 Å². The van der Waals surface area contributed by atoms with Gasteiger partial charge < -0.3 is 0 Å². The first kappa shape index (κ1) is 17.7. The predicted octanol–water partition coefficient (Wildman–Crippen LogP) is 3.33. The summed E-state index contributed by atoms with van der Waals surface area (Å²) in [6.45, 7) is 9.22. The molecule has 0 amide bonds. The highest BCUT2D eigenvalue weighted by Gasteiger charge is 2.42. The third-order valence-corrected chi connectivity index (χ3v) is 7.84. The minimum atomic E-state index is -3.47. The van der Waals surface area contributed by atoms with E-state index in [0.29, 0.717) is 18.0 Å². The second-order valence-corrected chi connectivity index (χ2v) is 9.99. The Bertz CT molecular complexity index is 937. The van der Waals surface area contributed by atoms with Crippen LogP contribution >= 0.6 is 0 Å². The van der Waals surface area contributed by atoms with Crippen molar-refractivity contribution in [2.24, 2.45) is 0 Å². The summed E-state index contributed by atoms with van der Waals surface area (Å²) in [5.74, 6) is 0. The zero-order valence-corrected chi connectivity index (χ0v) is 16.5. The van der Waals surface area contributed by atoms with Crippen LogP contribution in [0.25, 0.3) is 0 Å². The summed E-state index contributed by atoms with van der Waals surface area (Å²) in [7, 11) is -3.47. The van der Waals surface area contributed by atoms with Crippen LogP contribution in [0.1, 0.15) is 36.6 Å². The van der Waals surface area contributed by atoms with Gasteiger partial charge in [-0.25, -0.2) is 8.42 Å². The topological polar surface area (TPSA) is 40.6 Å². The van der Waals surface area contributed by atoms with Gasteiger partial charge in [0.1, 0.15) is 0 Å². The third kappa shape index (κ3) is 2.79. The molecule has 1 fully saturated rings. The van der Waals surface area contributed by atoms with Crippen molar-refractivity contribution in [3.63, 3.8) is 0 Å². The molecule has 2 aliphatic heterocycles. The average Bonchev–Trinajstić information content (AvgIpc) is 2.61. The number of rotatable bonds is 2. The molecule has 0 aromatic heterocycles. The van der Waals surface area contributed by atoms with Crippen LogP contribution in [0, 0.1) is 6.92 Å². The fourth-order valence-corrected chi connectivity index (χ4v) is 6.14. The lowest BCUT2D eigenvalue weighted by atomic mass is 9.75. The summed E-state index contributed by atoms with van der Waals surface area (Å²) in [5.41, 5.74) is 3.51. The smallest absolute Gasteiger partial charge is 0.243 e. The van der Waals surface area contributed by atoms with Gasteiger partial charge >= 0.3 is 0 Å². The highest BCUT2D eigenvalue weighted by Crippen LogP contribution is 2.41. The molecule has 138 valence electrons. The van der Waals surface area contributed by atoms with Crippen LogP contribution in [0.15, 0.2) is 53.4 Å². The Balaban J connectivity index is 1.70. The minimum Gasteiger partial charge on any atom is -0.293 e. The van der Waals surface area contributed by atoms with Gasteiger partial charge in [0, 0.05) is 37.6 Å². The van der Waals surface area contributed by atoms with E-state index in [1.807, 2.05) is 19.1 Å². The molecule has 1 saturated heterocycles. The number of nitrogens with zero attached hydrogens (tertiary/aromatic N) is 2. The zero-order chi connectivity index (χ0) is 18.5. The van der Waals surface area contributed by atoms with Crippen molar-refractivity contribution in [2.45, 2.75) is 37.1 Å². The molecule has 0 N–H and O–H groups in total. The second-order valence-electron chi connectivity index (χ2n) is 8.09. The van der Waals surface area contributed by atoms with Crippen molar-refractivity contribution in [2.75, 3.05) is 26.2 Å². The van der Waals surface area contributed by atoms with Crippen molar-refractivity contribution in [3.05, 3.63) is 65.2 Å². The van der Waals surface area contributed by atoms with E-state index in [1.165, 1.54) is 11.1 Å². The van der Waals surface area contributed by atoms with Gasteiger partial charge in [-0.3, -0.25) is 4.90 Å². The number of piperazine rings is 1. The van der Waals surface area contributed by atoms with Crippen LogP contribution in [-0.2, 0) is 15.4 Å². The molecule has 1 unspecified atom stereocenters. The lowest BCUT2D eigenvalue weighted by Crippen LogP contribution is -2.55. The lowest BCUT2D eigenvalue weighted by Gasteiger charge is -2.49. The van der Waals surface area contributed by atoms with Crippen molar-refractivity contribution in [1.29, 1.82) is 0 Å². The molecule has 0 spiro atoms. The van der Waals surface area contributed by atoms with E-state index < -0.39 is 10.0 Å². The molecule has 0 radical (unpaired) electrons. The molecule has 2 aromatic rings. The molecule has 0 aliphatic carbocycles.